The first-order valence-corrected chi connectivity index (χ1v) is 13.9. The van der Waals surface area contributed by atoms with Crippen LogP contribution in [0.2, 0.25) is 0 Å². The SMILES string of the molecule is CC(=O)NCc1cccc(-c2cccc([C@H]3O[C@@H](CSc4nncn4C)C[C@@H](c4ccc(CO)cc4)O3)c2)c1. The van der Waals surface area contributed by atoms with Gasteiger partial charge in [-0.3, -0.25) is 4.79 Å². The normalized spacial score (nSPS) is 19.1. The Balaban J connectivity index is 1.38. The van der Waals surface area contributed by atoms with Crippen LogP contribution in [-0.4, -0.2) is 37.6 Å². The van der Waals surface area contributed by atoms with E-state index in [9.17, 15) is 9.90 Å². The molecule has 0 unspecified atom stereocenters. The molecule has 1 fully saturated rings. The van der Waals surface area contributed by atoms with Crippen molar-refractivity contribution in [2.24, 2.45) is 7.05 Å². The van der Waals surface area contributed by atoms with Gasteiger partial charge in [0.2, 0.25) is 5.91 Å². The number of rotatable bonds is 9. The summed E-state index contributed by atoms with van der Waals surface area (Å²) >= 11 is 1.61. The van der Waals surface area contributed by atoms with E-state index in [2.05, 4.69) is 39.8 Å². The average Bonchev–Trinajstić information content (AvgIpc) is 3.39. The fourth-order valence-electron chi connectivity index (χ4n) is 4.55. The smallest absolute Gasteiger partial charge is 0.217 e. The number of amides is 1. The summed E-state index contributed by atoms with van der Waals surface area (Å²) < 4.78 is 14.9. The summed E-state index contributed by atoms with van der Waals surface area (Å²) in [5, 5.41) is 21.3. The van der Waals surface area contributed by atoms with Gasteiger partial charge in [0.1, 0.15) is 6.33 Å². The minimum absolute atomic E-state index is 0.00725. The van der Waals surface area contributed by atoms with Crippen molar-refractivity contribution in [3.8, 4) is 11.1 Å². The molecule has 0 bridgehead atoms. The zero-order chi connectivity index (χ0) is 27.2. The molecule has 0 saturated carbocycles. The second kappa shape index (κ2) is 12.6. The van der Waals surface area contributed by atoms with E-state index in [1.54, 1.807) is 18.1 Å². The minimum Gasteiger partial charge on any atom is -0.392 e. The molecule has 1 aliphatic heterocycles. The Hall–Kier alpha value is -3.50. The van der Waals surface area contributed by atoms with Crippen LogP contribution in [0.5, 0.6) is 0 Å². The van der Waals surface area contributed by atoms with Crippen molar-refractivity contribution in [2.75, 3.05) is 5.75 Å². The van der Waals surface area contributed by atoms with E-state index in [0.29, 0.717) is 18.7 Å². The van der Waals surface area contributed by atoms with Crippen LogP contribution in [0.3, 0.4) is 0 Å². The maximum atomic E-state index is 11.3. The lowest BCUT2D eigenvalue weighted by Gasteiger charge is -2.36. The van der Waals surface area contributed by atoms with E-state index in [-0.39, 0.29) is 24.7 Å². The van der Waals surface area contributed by atoms with Gasteiger partial charge >= 0.3 is 0 Å². The molecule has 39 heavy (non-hydrogen) atoms. The molecule has 1 aliphatic rings. The van der Waals surface area contributed by atoms with Gasteiger partial charge in [0.15, 0.2) is 11.4 Å². The molecule has 2 heterocycles. The maximum Gasteiger partial charge on any atom is 0.217 e. The molecule has 4 aromatic rings. The standard InChI is InChI=1S/C30H32N4O4S/c1-20(36)31-16-22-5-3-6-24(13-22)25-7-4-8-26(14-25)29-37-27(18-39-30-33-32-19-34(30)2)15-28(38-29)23-11-9-21(17-35)10-12-23/h3-14,19,27-29,35H,15-18H2,1-2H3,(H,31,36)/t27-,28+,29+/m1/s1. The number of hydrogen-bond acceptors (Lipinski definition) is 7. The van der Waals surface area contributed by atoms with Crippen LogP contribution in [0.1, 0.15) is 48.0 Å². The molecule has 8 nitrogen and oxygen atoms in total. The van der Waals surface area contributed by atoms with E-state index < -0.39 is 6.29 Å². The van der Waals surface area contributed by atoms with E-state index in [4.69, 9.17) is 9.47 Å². The molecule has 3 aromatic carbocycles. The van der Waals surface area contributed by atoms with Gasteiger partial charge in [0, 0.05) is 38.3 Å². The third-order valence-corrected chi connectivity index (χ3v) is 7.81. The minimum atomic E-state index is -0.547. The van der Waals surface area contributed by atoms with Gasteiger partial charge < -0.3 is 24.5 Å². The van der Waals surface area contributed by atoms with Crippen molar-refractivity contribution in [3.63, 3.8) is 0 Å². The number of benzene rings is 3. The van der Waals surface area contributed by atoms with Crippen LogP contribution in [0.4, 0.5) is 0 Å². The number of nitrogens with one attached hydrogen (secondary N) is 1. The molecular weight excluding hydrogens is 512 g/mol. The van der Waals surface area contributed by atoms with Gasteiger partial charge in [-0.15, -0.1) is 10.2 Å². The van der Waals surface area contributed by atoms with Crippen molar-refractivity contribution >= 4 is 17.7 Å². The number of aromatic nitrogens is 3. The highest BCUT2D eigenvalue weighted by Gasteiger charge is 2.32. The predicted molar refractivity (Wildman–Crippen MR) is 150 cm³/mol. The number of aliphatic hydroxyl groups excluding tert-OH is 1. The molecule has 2 N–H and O–H groups in total. The number of ether oxygens (including phenoxy) is 2. The molecule has 0 radical (unpaired) electrons. The Labute approximate surface area is 232 Å². The lowest BCUT2D eigenvalue weighted by Crippen LogP contribution is -2.31. The number of carbonyl (C=O) groups is 1. The van der Waals surface area contributed by atoms with E-state index in [1.165, 1.54) is 6.92 Å². The first-order valence-electron chi connectivity index (χ1n) is 12.9. The molecule has 5 rings (SSSR count). The fraction of sp³-hybridized carbons (Fsp3) is 0.300. The number of hydrogen-bond donors (Lipinski definition) is 2. The molecule has 0 aliphatic carbocycles. The third kappa shape index (κ3) is 6.93. The number of carbonyl (C=O) groups excluding carboxylic acids is 1. The van der Waals surface area contributed by atoms with Crippen molar-refractivity contribution in [1.29, 1.82) is 0 Å². The second-order valence-electron chi connectivity index (χ2n) is 9.62. The van der Waals surface area contributed by atoms with Gasteiger partial charge in [-0.1, -0.05) is 72.4 Å². The monoisotopic (exact) mass is 544 g/mol. The van der Waals surface area contributed by atoms with Crippen LogP contribution < -0.4 is 5.32 Å². The Kier molecular flexibility index (Phi) is 8.73. The summed E-state index contributed by atoms with van der Waals surface area (Å²) in [5.74, 6) is 0.657. The lowest BCUT2D eigenvalue weighted by atomic mass is 9.99. The van der Waals surface area contributed by atoms with Gasteiger partial charge in [0.05, 0.1) is 18.8 Å². The number of nitrogens with zero attached hydrogens (tertiary/aromatic N) is 3. The first kappa shape index (κ1) is 27.1. The largest absolute Gasteiger partial charge is 0.392 e. The predicted octanol–water partition coefficient (Wildman–Crippen LogP) is 4.95. The van der Waals surface area contributed by atoms with Gasteiger partial charge in [-0.2, -0.15) is 0 Å². The molecule has 1 amide bonds. The molecule has 3 atom stereocenters. The quantitative estimate of drug-likeness (QED) is 0.288. The first-order chi connectivity index (χ1) is 19.0. The molecular formula is C30H32N4O4S. The van der Waals surface area contributed by atoms with Crippen molar-refractivity contribution in [1.82, 2.24) is 20.1 Å². The van der Waals surface area contributed by atoms with Crippen molar-refractivity contribution < 1.29 is 19.4 Å². The topological polar surface area (TPSA) is 98.5 Å². The lowest BCUT2D eigenvalue weighted by molar-refractivity contribution is -0.245. The van der Waals surface area contributed by atoms with Gasteiger partial charge in [-0.05, 0) is 39.9 Å². The zero-order valence-corrected chi connectivity index (χ0v) is 22.8. The summed E-state index contributed by atoms with van der Waals surface area (Å²) in [6, 6.07) is 24.3. The highest BCUT2D eigenvalue weighted by atomic mass is 32.2. The van der Waals surface area contributed by atoms with Crippen LogP contribution in [-0.2, 0) is 34.5 Å². The zero-order valence-electron chi connectivity index (χ0n) is 22.0. The highest BCUT2D eigenvalue weighted by Crippen LogP contribution is 2.40. The summed E-state index contributed by atoms with van der Waals surface area (Å²) in [4.78, 5) is 11.3. The summed E-state index contributed by atoms with van der Waals surface area (Å²) in [6.45, 7) is 2.01. The molecule has 1 aromatic heterocycles. The number of thioether (sulfide) groups is 1. The molecule has 0 spiro atoms. The Morgan fingerprint density at radius 3 is 2.51 bits per heavy atom. The summed E-state index contributed by atoms with van der Waals surface area (Å²) in [7, 11) is 1.93. The Morgan fingerprint density at radius 1 is 1.03 bits per heavy atom. The van der Waals surface area contributed by atoms with E-state index >= 15 is 0 Å². The third-order valence-electron chi connectivity index (χ3n) is 6.64. The fourth-order valence-corrected chi connectivity index (χ4v) is 5.45. The van der Waals surface area contributed by atoms with Crippen LogP contribution in [0, 0.1) is 0 Å². The number of aryl methyl sites for hydroxylation is 1. The molecule has 202 valence electrons. The van der Waals surface area contributed by atoms with Crippen LogP contribution >= 0.6 is 11.8 Å². The van der Waals surface area contributed by atoms with Gasteiger partial charge in [-0.25, -0.2) is 0 Å². The molecule has 9 heteroatoms. The Bertz CT molecular complexity index is 1410. The molecule has 1 saturated heterocycles. The second-order valence-corrected chi connectivity index (χ2v) is 10.6. The van der Waals surface area contributed by atoms with Crippen LogP contribution in [0.25, 0.3) is 11.1 Å². The van der Waals surface area contributed by atoms with E-state index in [1.807, 2.05) is 60.1 Å². The van der Waals surface area contributed by atoms with E-state index in [0.717, 1.165) is 38.5 Å². The van der Waals surface area contributed by atoms with Crippen molar-refractivity contribution in [3.05, 3.63) is 101 Å². The average molecular weight is 545 g/mol. The number of aliphatic hydroxyl groups is 1. The van der Waals surface area contributed by atoms with Gasteiger partial charge in [0.25, 0.3) is 0 Å². The Morgan fingerprint density at radius 2 is 1.79 bits per heavy atom. The summed E-state index contributed by atoms with van der Waals surface area (Å²) in [5.41, 5.74) is 5.99. The van der Waals surface area contributed by atoms with Crippen LogP contribution in [0.15, 0.2) is 84.3 Å². The maximum absolute atomic E-state index is 11.3. The highest BCUT2D eigenvalue weighted by molar-refractivity contribution is 7.99. The summed E-state index contributed by atoms with van der Waals surface area (Å²) in [6.07, 6.45) is 1.61. The van der Waals surface area contributed by atoms with Crippen molar-refractivity contribution in [2.45, 2.75) is 50.2 Å².